The molecule has 4 heterocycles. The number of thiophene rings is 1. The second kappa shape index (κ2) is 5.89. The van der Waals surface area contributed by atoms with E-state index in [1.807, 2.05) is 6.07 Å². The highest BCUT2D eigenvalue weighted by Gasteiger charge is 2.43. The Morgan fingerprint density at radius 1 is 1.18 bits per heavy atom. The molecular formula is C20H20Cl2N5S+. The van der Waals surface area contributed by atoms with Gasteiger partial charge in [0.25, 0.3) is 0 Å². The lowest BCUT2D eigenvalue weighted by molar-refractivity contribution is -0.789. The molecule has 0 aliphatic carbocycles. The molecule has 5 rings (SSSR count). The van der Waals surface area contributed by atoms with Crippen LogP contribution in [0.25, 0.3) is 27.3 Å². The van der Waals surface area contributed by atoms with E-state index in [4.69, 9.17) is 28.2 Å². The lowest BCUT2D eigenvalue weighted by Crippen LogP contribution is -3.03. The Balaban J connectivity index is 1.79. The second-order valence-corrected chi connectivity index (χ2v) is 10.5. The van der Waals surface area contributed by atoms with Gasteiger partial charge in [0.1, 0.15) is 16.7 Å². The van der Waals surface area contributed by atoms with Crippen LogP contribution in [-0.2, 0) is 12.0 Å². The van der Waals surface area contributed by atoms with E-state index in [0.29, 0.717) is 15.9 Å². The Hall–Kier alpha value is -1.73. The van der Waals surface area contributed by atoms with Crippen molar-refractivity contribution in [2.24, 2.45) is 0 Å². The number of nitrogens with zero attached hydrogens (tertiary/aromatic N) is 4. The van der Waals surface area contributed by atoms with Crippen LogP contribution in [0.4, 0.5) is 0 Å². The molecule has 144 valence electrons. The van der Waals surface area contributed by atoms with Gasteiger partial charge in [-0.25, -0.2) is 14.5 Å². The van der Waals surface area contributed by atoms with Crippen molar-refractivity contribution in [3.05, 3.63) is 45.0 Å². The van der Waals surface area contributed by atoms with Crippen LogP contribution in [0.15, 0.2) is 24.5 Å². The number of hydrogen-bond acceptors (Lipinski definition) is 4. The van der Waals surface area contributed by atoms with Gasteiger partial charge in [-0.2, -0.15) is 0 Å². The summed E-state index contributed by atoms with van der Waals surface area (Å²) in [7, 11) is 0. The van der Waals surface area contributed by atoms with E-state index in [9.17, 15) is 0 Å². The Morgan fingerprint density at radius 3 is 2.71 bits per heavy atom. The highest BCUT2D eigenvalue weighted by Crippen LogP contribution is 2.41. The van der Waals surface area contributed by atoms with E-state index in [2.05, 4.69) is 43.1 Å². The number of fused-ring (bicyclic) bond motifs is 5. The summed E-state index contributed by atoms with van der Waals surface area (Å²) >= 11 is 14.2. The lowest BCUT2D eigenvalue weighted by atomic mass is 9.82. The Morgan fingerprint density at radius 2 is 1.96 bits per heavy atom. The normalized spacial score (nSPS) is 17.9. The van der Waals surface area contributed by atoms with Gasteiger partial charge in [0.15, 0.2) is 11.5 Å². The topological polar surface area (TPSA) is 59.7 Å². The monoisotopic (exact) mass is 432 g/mol. The molecule has 0 saturated carbocycles. The molecule has 2 N–H and O–H groups in total. The van der Waals surface area contributed by atoms with Crippen molar-refractivity contribution in [2.45, 2.75) is 45.2 Å². The highest BCUT2D eigenvalue weighted by atomic mass is 35.5. The summed E-state index contributed by atoms with van der Waals surface area (Å²) in [5.41, 5.74) is 3.05. The smallest absolute Gasteiger partial charge is 0.183 e. The largest absolute Gasteiger partial charge is 0.333 e. The van der Waals surface area contributed by atoms with Gasteiger partial charge in [-0.1, -0.05) is 23.2 Å². The number of nitrogens with two attached hydrogens (primary N) is 1. The van der Waals surface area contributed by atoms with Gasteiger partial charge in [-0.05, 0) is 51.5 Å². The maximum absolute atomic E-state index is 6.39. The van der Waals surface area contributed by atoms with Crippen molar-refractivity contribution in [3.63, 3.8) is 0 Å². The average Bonchev–Trinajstić information content (AvgIpc) is 3.14. The molecule has 3 aromatic heterocycles. The number of rotatable bonds is 1. The average molecular weight is 433 g/mol. The quantitative estimate of drug-likeness (QED) is 0.483. The Kier molecular flexibility index (Phi) is 3.85. The molecule has 0 atom stereocenters. The summed E-state index contributed by atoms with van der Waals surface area (Å²) < 4.78 is 1.76. The highest BCUT2D eigenvalue weighted by molar-refractivity contribution is 7.19. The minimum absolute atomic E-state index is 0.00176. The standard InChI is InChI=1S/C20H19Cl2N5S/c1-19(2)8-12-14-17-24-16(11-6-5-10(21)7-13(11)22)25-27(17)9-23-18(14)28-15(12)20(3,4)26-19/h5-7,9,26H,8H2,1-4H3/p+1. The van der Waals surface area contributed by atoms with Crippen LogP contribution in [0.3, 0.4) is 0 Å². The van der Waals surface area contributed by atoms with E-state index in [1.165, 1.54) is 10.4 Å². The van der Waals surface area contributed by atoms with Crippen LogP contribution in [-0.4, -0.2) is 25.1 Å². The van der Waals surface area contributed by atoms with Crippen LogP contribution >= 0.6 is 34.5 Å². The van der Waals surface area contributed by atoms with Crippen molar-refractivity contribution in [2.75, 3.05) is 0 Å². The minimum atomic E-state index is 0.00176. The molecule has 0 fully saturated rings. The van der Waals surface area contributed by atoms with Crippen LogP contribution in [0, 0.1) is 0 Å². The first kappa shape index (κ1) is 18.3. The van der Waals surface area contributed by atoms with E-state index < -0.39 is 0 Å². The first-order valence-electron chi connectivity index (χ1n) is 9.14. The fourth-order valence-electron chi connectivity index (χ4n) is 4.48. The Bertz CT molecular complexity index is 1250. The van der Waals surface area contributed by atoms with Crippen molar-refractivity contribution >= 4 is 50.4 Å². The van der Waals surface area contributed by atoms with E-state index in [1.54, 1.807) is 34.3 Å². The molecule has 1 aromatic carbocycles. The van der Waals surface area contributed by atoms with E-state index >= 15 is 0 Å². The predicted octanol–water partition coefficient (Wildman–Crippen LogP) is 4.45. The zero-order valence-corrected chi connectivity index (χ0v) is 18.4. The molecule has 5 nitrogen and oxygen atoms in total. The van der Waals surface area contributed by atoms with Crippen molar-refractivity contribution in [3.8, 4) is 11.4 Å². The summed E-state index contributed by atoms with van der Waals surface area (Å²) in [5.74, 6) is 0.580. The third kappa shape index (κ3) is 2.74. The predicted molar refractivity (Wildman–Crippen MR) is 114 cm³/mol. The molecule has 0 saturated heterocycles. The molecule has 1 aliphatic rings. The van der Waals surface area contributed by atoms with E-state index in [-0.39, 0.29) is 11.1 Å². The fraction of sp³-hybridized carbons (Fsp3) is 0.350. The molecule has 1 aliphatic heterocycles. The number of quaternary nitrogens is 1. The van der Waals surface area contributed by atoms with Crippen molar-refractivity contribution in [1.82, 2.24) is 19.6 Å². The van der Waals surface area contributed by atoms with Gasteiger partial charge in [0.2, 0.25) is 0 Å². The third-order valence-electron chi connectivity index (χ3n) is 5.27. The zero-order valence-electron chi connectivity index (χ0n) is 16.0. The van der Waals surface area contributed by atoms with Gasteiger partial charge >= 0.3 is 0 Å². The molecule has 0 bridgehead atoms. The summed E-state index contributed by atoms with van der Waals surface area (Å²) in [5, 5.41) is 9.34. The molecule has 0 unspecified atom stereocenters. The zero-order chi connectivity index (χ0) is 19.8. The van der Waals surface area contributed by atoms with Crippen molar-refractivity contribution < 1.29 is 5.32 Å². The maximum atomic E-state index is 6.39. The summed E-state index contributed by atoms with van der Waals surface area (Å²) in [6, 6.07) is 5.37. The van der Waals surface area contributed by atoms with Crippen molar-refractivity contribution in [1.29, 1.82) is 0 Å². The molecule has 0 spiro atoms. The molecule has 0 radical (unpaired) electrons. The summed E-state index contributed by atoms with van der Waals surface area (Å²) in [6.07, 6.45) is 2.71. The lowest BCUT2D eigenvalue weighted by Gasteiger charge is -2.38. The molecule has 28 heavy (non-hydrogen) atoms. The van der Waals surface area contributed by atoms with Gasteiger partial charge in [0.05, 0.1) is 20.8 Å². The van der Waals surface area contributed by atoms with Crippen LogP contribution in [0.5, 0.6) is 0 Å². The second-order valence-electron chi connectivity index (χ2n) is 8.69. The Labute approximate surface area is 176 Å². The van der Waals surface area contributed by atoms with Gasteiger partial charge in [-0.3, -0.25) is 0 Å². The molecular weight excluding hydrogens is 413 g/mol. The molecule has 4 aromatic rings. The molecule has 0 amide bonds. The number of hydrogen-bond donors (Lipinski definition) is 1. The maximum Gasteiger partial charge on any atom is 0.183 e. The number of halogens is 2. The fourth-order valence-corrected chi connectivity index (χ4v) is 6.20. The molecule has 8 heteroatoms. The minimum Gasteiger partial charge on any atom is -0.333 e. The van der Waals surface area contributed by atoms with Crippen LogP contribution < -0.4 is 5.32 Å². The van der Waals surface area contributed by atoms with Crippen LogP contribution in [0.2, 0.25) is 10.0 Å². The number of benzene rings is 1. The van der Waals surface area contributed by atoms with Gasteiger partial charge in [0, 0.05) is 17.0 Å². The van der Waals surface area contributed by atoms with Gasteiger partial charge < -0.3 is 5.32 Å². The summed E-state index contributed by atoms with van der Waals surface area (Å²) in [4.78, 5) is 11.9. The number of aromatic nitrogens is 4. The first-order chi connectivity index (χ1) is 13.1. The van der Waals surface area contributed by atoms with Gasteiger partial charge in [-0.15, -0.1) is 16.4 Å². The first-order valence-corrected chi connectivity index (χ1v) is 10.7. The van der Waals surface area contributed by atoms with Crippen LogP contribution in [0.1, 0.15) is 38.1 Å². The SMILES string of the molecule is CC1(C)Cc2c(sc3ncn4nc(-c5ccc(Cl)cc5Cl)nc4c23)C(C)(C)[NH2+]1. The third-order valence-corrected chi connectivity index (χ3v) is 7.30. The summed E-state index contributed by atoms with van der Waals surface area (Å²) in [6.45, 7) is 9.14. The van der Waals surface area contributed by atoms with E-state index in [0.717, 1.165) is 27.8 Å².